The first kappa shape index (κ1) is 21.7. The molecule has 1 N–H and O–H groups in total. The number of rotatable bonds is 11. The molecular formula is C17H25N2O4PS2. The highest BCUT2D eigenvalue weighted by molar-refractivity contribution is 8.18. The number of benzene rings is 1. The highest BCUT2D eigenvalue weighted by Gasteiger charge is 2.61. The van der Waals surface area contributed by atoms with E-state index in [9.17, 15) is 4.57 Å². The van der Waals surface area contributed by atoms with Crippen molar-refractivity contribution >= 4 is 42.9 Å². The molecule has 0 fully saturated rings. The molecule has 0 saturated heterocycles. The molecule has 0 saturated carbocycles. The summed E-state index contributed by atoms with van der Waals surface area (Å²) in [5.74, 6) is 0. The fourth-order valence-corrected chi connectivity index (χ4v) is 8.37. The van der Waals surface area contributed by atoms with Gasteiger partial charge in [0.1, 0.15) is 10.8 Å². The molecule has 1 heterocycles. The van der Waals surface area contributed by atoms with Gasteiger partial charge in [-0.15, -0.1) is 0 Å². The Bertz CT molecular complexity index is 651. The van der Waals surface area contributed by atoms with Crippen molar-refractivity contribution in [3.05, 3.63) is 35.9 Å². The summed E-state index contributed by atoms with van der Waals surface area (Å²) in [6, 6.07) is 9.54. The van der Waals surface area contributed by atoms with Crippen molar-refractivity contribution < 1.29 is 18.3 Å². The predicted molar refractivity (Wildman–Crippen MR) is 111 cm³/mol. The zero-order chi connectivity index (χ0) is 19.0. The van der Waals surface area contributed by atoms with Gasteiger partial charge < -0.3 is 19.2 Å². The Labute approximate surface area is 163 Å². The average molecular weight is 417 g/mol. The molecule has 0 aromatic heterocycles. The van der Waals surface area contributed by atoms with Crippen LogP contribution in [0.4, 0.5) is 0 Å². The van der Waals surface area contributed by atoms with Gasteiger partial charge in [0.25, 0.3) is 0 Å². The highest BCUT2D eigenvalue weighted by atomic mass is 32.2. The third kappa shape index (κ3) is 4.26. The number of hydrogen-bond donors (Lipinski definition) is 1. The Morgan fingerprint density at radius 1 is 1.27 bits per heavy atom. The maximum Gasteiger partial charge on any atom is 0.354 e. The van der Waals surface area contributed by atoms with Crippen LogP contribution in [-0.4, -0.2) is 42.4 Å². The quantitative estimate of drug-likeness (QED) is 0.312. The van der Waals surface area contributed by atoms with Gasteiger partial charge in [0.2, 0.25) is 0 Å². The molecule has 3 unspecified atom stereocenters. The predicted octanol–water partition coefficient (Wildman–Crippen LogP) is 4.95. The molecule has 1 aliphatic heterocycles. The van der Waals surface area contributed by atoms with Gasteiger partial charge in [0.05, 0.1) is 18.8 Å². The maximum absolute atomic E-state index is 13.9. The summed E-state index contributed by atoms with van der Waals surface area (Å²) in [6.45, 7) is 6.48. The Kier molecular flexibility index (Phi) is 8.39. The lowest BCUT2D eigenvalue weighted by atomic mass is 10.1. The summed E-state index contributed by atoms with van der Waals surface area (Å²) in [7, 11) is -3.58. The number of hydrogen-bond acceptors (Lipinski definition) is 8. The van der Waals surface area contributed by atoms with Crippen LogP contribution >= 0.6 is 31.1 Å². The van der Waals surface area contributed by atoms with Gasteiger partial charge in [0, 0.05) is 12.8 Å². The summed E-state index contributed by atoms with van der Waals surface area (Å²) < 4.78 is 30.0. The fourth-order valence-electron chi connectivity index (χ4n) is 2.69. The minimum Gasteiger partial charge on any atom is -0.362 e. The van der Waals surface area contributed by atoms with Crippen LogP contribution in [0, 0.1) is 5.41 Å². The van der Waals surface area contributed by atoms with E-state index in [-0.39, 0.29) is 13.2 Å². The Morgan fingerprint density at radius 2 is 1.92 bits per heavy atom. The first-order chi connectivity index (χ1) is 12.6. The zero-order valence-corrected chi connectivity index (χ0v) is 17.7. The first-order valence-electron chi connectivity index (χ1n) is 8.49. The second kappa shape index (κ2) is 10.1. The molecule has 6 nitrogen and oxygen atoms in total. The molecule has 9 heteroatoms. The normalized spacial score (nSPS) is 23.9. The lowest BCUT2D eigenvalue weighted by Gasteiger charge is -2.38. The molecule has 26 heavy (non-hydrogen) atoms. The smallest absolute Gasteiger partial charge is 0.354 e. The van der Waals surface area contributed by atoms with Crippen molar-refractivity contribution in [1.82, 2.24) is 0 Å². The van der Waals surface area contributed by atoms with Gasteiger partial charge in [-0.05, 0) is 26.3 Å². The minimum absolute atomic E-state index is 0.267. The molecule has 1 aliphatic rings. The van der Waals surface area contributed by atoms with E-state index < -0.39 is 22.9 Å². The largest absolute Gasteiger partial charge is 0.362 e. The topological polar surface area (TPSA) is 81.0 Å². The third-order valence-corrected chi connectivity index (χ3v) is 9.83. The Morgan fingerprint density at radius 3 is 2.46 bits per heavy atom. The number of nitrogens with zero attached hydrogens (tertiary/aromatic N) is 1. The minimum atomic E-state index is -3.58. The molecule has 0 spiro atoms. The second-order valence-electron chi connectivity index (χ2n) is 5.25. The van der Waals surface area contributed by atoms with Gasteiger partial charge >= 0.3 is 7.60 Å². The summed E-state index contributed by atoms with van der Waals surface area (Å²) in [6.07, 6.45) is 1.23. The van der Waals surface area contributed by atoms with Crippen molar-refractivity contribution in [2.24, 2.45) is 4.99 Å². The summed E-state index contributed by atoms with van der Waals surface area (Å²) in [4.78, 5) is 4.55. The fraction of sp³-hybridized carbons (Fsp3) is 0.529. The molecule has 1 aromatic rings. The van der Waals surface area contributed by atoms with Gasteiger partial charge in [-0.3, -0.25) is 9.56 Å². The first-order valence-corrected chi connectivity index (χ1v) is 11.9. The van der Waals surface area contributed by atoms with Gasteiger partial charge in [-0.25, -0.2) is 0 Å². The molecule has 0 radical (unpaired) electrons. The van der Waals surface area contributed by atoms with Gasteiger partial charge in [-0.2, -0.15) is 0 Å². The Balaban J connectivity index is 2.53. The number of aliphatic imine (C=N–C) groups is 1. The molecule has 144 valence electrons. The summed E-state index contributed by atoms with van der Waals surface area (Å²) in [5, 5.41) is 7.14. The van der Waals surface area contributed by atoms with Crippen LogP contribution in [0.1, 0.15) is 26.3 Å². The van der Waals surface area contributed by atoms with Gasteiger partial charge in [0.15, 0.2) is 4.49 Å². The van der Waals surface area contributed by atoms with Gasteiger partial charge in [-0.1, -0.05) is 53.9 Å². The maximum atomic E-state index is 13.9. The molecule has 3 atom stereocenters. The lowest BCUT2D eigenvalue weighted by Crippen LogP contribution is -2.34. The van der Waals surface area contributed by atoms with Crippen LogP contribution in [0.2, 0.25) is 0 Å². The van der Waals surface area contributed by atoms with Crippen molar-refractivity contribution in [2.75, 3.05) is 19.8 Å². The lowest BCUT2D eigenvalue weighted by molar-refractivity contribution is 0.167. The number of thioether (sulfide) groups is 2. The SMILES string of the molecule is CCOC(C=N)SC1N=CSC1(c1ccccc1)P(=O)(OCC)OCC. The van der Waals surface area contributed by atoms with E-state index in [1.165, 1.54) is 29.7 Å². The molecular weight excluding hydrogens is 391 g/mol. The van der Waals surface area contributed by atoms with Crippen LogP contribution in [-0.2, 0) is 22.8 Å². The monoisotopic (exact) mass is 416 g/mol. The second-order valence-corrected chi connectivity index (χ2v) is 10.0. The molecule has 1 aromatic carbocycles. The van der Waals surface area contributed by atoms with E-state index >= 15 is 0 Å². The van der Waals surface area contributed by atoms with Crippen molar-refractivity contribution in [3.8, 4) is 0 Å². The third-order valence-electron chi connectivity index (χ3n) is 3.69. The van der Waals surface area contributed by atoms with Crippen LogP contribution in [0.15, 0.2) is 35.3 Å². The van der Waals surface area contributed by atoms with E-state index in [4.69, 9.17) is 19.2 Å². The van der Waals surface area contributed by atoms with Crippen LogP contribution in [0.5, 0.6) is 0 Å². The van der Waals surface area contributed by atoms with Crippen LogP contribution in [0.25, 0.3) is 0 Å². The van der Waals surface area contributed by atoms with E-state index in [0.29, 0.717) is 6.61 Å². The standard InChI is InChI=1S/C17H25N2O4PS2/c1-4-21-15(12-18)26-16-17(25-13-19-16,14-10-8-7-9-11-14)24(20,22-5-2)23-6-3/h7-13,15-16,18H,4-6H2,1-3H3. The summed E-state index contributed by atoms with van der Waals surface area (Å²) >= 11 is 2.69. The molecule has 0 bridgehead atoms. The highest BCUT2D eigenvalue weighted by Crippen LogP contribution is 2.74. The van der Waals surface area contributed by atoms with E-state index in [1.807, 2.05) is 37.3 Å². The summed E-state index contributed by atoms with van der Waals surface area (Å²) in [5.41, 5.74) is 2.04. The van der Waals surface area contributed by atoms with Crippen LogP contribution in [0.3, 0.4) is 0 Å². The molecule has 2 rings (SSSR count). The van der Waals surface area contributed by atoms with Crippen molar-refractivity contribution in [1.29, 1.82) is 5.41 Å². The number of ether oxygens (including phenoxy) is 1. The zero-order valence-electron chi connectivity index (χ0n) is 15.2. The van der Waals surface area contributed by atoms with E-state index in [1.54, 1.807) is 19.4 Å². The van der Waals surface area contributed by atoms with E-state index in [0.717, 1.165) is 5.56 Å². The number of nitrogens with one attached hydrogen (secondary N) is 1. The van der Waals surface area contributed by atoms with Crippen LogP contribution < -0.4 is 0 Å². The average Bonchev–Trinajstić information content (AvgIpc) is 3.07. The van der Waals surface area contributed by atoms with Crippen molar-refractivity contribution in [2.45, 2.75) is 36.1 Å². The van der Waals surface area contributed by atoms with E-state index in [2.05, 4.69) is 4.99 Å². The Hall–Kier alpha value is -0.630. The molecule has 0 aliphatic carbocycles. The molecule has 0 amide bonds. The van der Waals surface area contributed by atoms with Crippen molar-refractivity contribution in [3.63, 3.8) is 0 Å².